The first-order chi connectivity index (χ1) is 13.3. The molecule has 8 heteroatoms. The van der Waals surface area contributed by atoms with Gasteiger partial charge in [0.2, 0.25) is 0 Å². The van der Waals surface area contributed by atoms with Crippen molar-refractivity contribution in [1.29, 1.82) is 0 Å². The van der Waals surface area contributed by atoms with Crippen LogP contribution < -0.4 is 10.1 Å². The molecule has 0 spiro atoms. The van der Waals surface area contributed by atoms with Gasteiger partial charge in [-0.15, -0.1) is 0 Å². The van der Waals surface area contributed by atoms with E-state index in [0.29, 0.717) is 22.7 Å². The van der Waals surface area contributed by atoms with Gasteiger partial charge in [-0.3, -0.25) is 4.79 Å². The molecule has 0 saturated heterocycles. The van der Waals surface area contributed by atoms with Crippen molar-refractivity contribution in [1.82, 2.24) is 4.83 Å². The minimum atomic E-state index is -3.72. The third-order valence-corrected chi connectivity index (χ3v) is 5.14. The number of amides is 1. The van der Waals surface area contributed by atoms with Crippen LogP contribution in [-0.4, -0.2) is 20.0 Å². The smallest absolute Gasteiger partial charge is 0.291 e. The number of nitrogens with zero attached hydrogens (tertiary/aromatic N) is 1. The van der Waals surface area contributed by atoms with E-state index in [9.17, 15) is 13.2 Å². The van der Waals surface area contributed by atoms with Gasteiger partial charge in [0.1, 0.15) is 5.76 Å². The Morgan fingerprint density at radius 3 is 2.25 bits per heavy atom. The van der Waals surface area contributed by atoms with Crippen LogP contribution in [0.25, 0.3) is 0 Å². The molecule has 0 aliphatic carbocycles. The molecule has 3 aromatic rings. The highest BCUT2D eigenvalue weighted by Crippen LogP contribution is 2.14. The zero-order chi connectivity index (χ0) is 20.1. The molecule has 0 atom stereocenters. The normalized spacial score (nSPS) is 11.9. The van der Waals surface area contributed by atoms with Gasteiger partial charge in [0, 0.05) is 5.69 Å². The van der Waals surface area contributed by atoms with Crippen molar-refractivity contribution in [3.8, 4) is 0 Å². The average molecular weight is 397 g/mol. The van der Waals surface area contributed by atoms with Crippen molar-refractivity contribution in [3.05, 3.63) is 83.8 Å². The summed E-state index contributed by atoms with van der Waals surface area (Å²) in [4.78, 5) is 14.4. The summed E-state index contributed by atoms with van der Waals surface area (Å²) in [5.41, 5.74) is 1.78. The van der Waals surface area contributed by atoms with Crippen molar-refractivity contribution in [2.45, 2.75) is 18.7 Å². The number of hydrazone groups is 1. The minimum absolute atomic E-state index is 0.137. The summed E-state index contributed by atoms with van der Waals surface area (Å²) < 4.78 is 29.7. The first-order valence-electron chi connectivity index (χ1n) is 8.44. The van der Waals surface area contributed by atoms with Crippen LogP contribution in [0.4, 0.5) is 5.69 Å². The highest BCUT2D eigenvalue weighted by Gasteiger charge is 2.13. The van der Waals surface area contributed by atoms with Crippen LogP contribution in [0, 0.1) is 6.92 Å². The Labute approximate surface area is 163 Å². The number of carbonyl (C=O) groups excluding carboxylic acids is 1. The molecule has 28 heavy (non-hydrogen) atoms. The molecule has 2 aromatic carbocycles. The average Bonchev–Trinajstić information content (AvgIpc) is 3.14. The molecule has 1 heterocycles. The highest BCUT2D eigenvalue weighted by atomic mass is 32.2. The van der Waals surface area contributed by atoms with Crippen LogP contribution in [0.1, 0.15) is 28.8 Å². The minimum Gasteiger partial charge on any atom is -0.456 e. The molecule has 0 aliphatic rings. The van der Waals surface area contributed by atoms with Crippen LogP contribution in [0.15, 0.2) is 81.1 Å². The summed E-state index contributed by atoms with van der Waals surface area (Å²) in [6, 6.07) is 18.2. The second kappa shape index (κ2) is 8.10. The number of hydrogen-bond donors (Lipinski definition) is 2. The number of sulfonamides is 1. The number of anilines is 1. The van der Waals surface area contributed by atoms with Crippen molar-refractivity contribution in [2.75, 3.05) is 5.32 Å². The number of aryl methyl sites for hydroxylation is 1. The van der Waals surface area contributed by atoms with E-state index in [2.05, 4.69) is 15.2 Å². The number of furan rings is 1. The van der Waals surface area contributed by atoms with Crippen molar-refractivity contribution < 1.29 is 17.6 Å². The molecule has 0 unspecified atom stereocenters. The Bertz CT molecular complexity index is 1100. The van der Waals surface area contributed by atoms with Gasteiger partial charge >= 0.3 is 0 Å². The topological polar surface area (TPSA) is 101 Å². The number of nitrogens with one attached hydrogen (secondary N) is 2. The molecule has 144 valence electrons. The largest absolute Gasteiger partial charge is 0.456 e. The third-order valence-electron chi connectivity index (χ3n) is 3.91. The van der Waals surface area contributed by atoms with E-state index in [0.717, 1.165) is 0 Å². The lowest BCUT2D eigenvalue weighted by molar-refractivity contribution is 0.0995. The first kappa shape index (κ1) is 19.4. The Balaban J connectivity index is 1.67. The molecule has 0 fully saturated rings. The molecular formula is C20H19N3O4S. The van der Waals surface area contributed by atoms with E-state index in [1.807, 2.05) is 0 Å². The van der Waals surface area contributed by atoms with E-state index >= 15 is 0 Å². The number of carbonyl (C=O) groups is 1. The molecular weight excluding hydrogens is 378 g/mol. The van der Waals surface area contributed by atoms with Crippen LogP contribution >= 0.6 is 0 Å². The van der Waals surface area contributed by atoms with Crippen molar-refractivity contribution in [2.24, 2.45) is 5.10 Å². The van der Waals surface area contributed by atoms with Gasteiger partial charge in [0.05, 0.1) is 10.6 Å². The molecule has 3 rings (SSSR count). The quantitative estimate of drug-likeness (QED) is 0.491. The van der Waals surface area contributed by atoms with Gasteiger partial charge in [0.15, 0.2) is 5.76 Å². The fourth-order valence-corrected chi connectivity index (χ4v) is 3.27. The Morgan fingerprint density at radius 2 is 1.64 bits per heavy atom. The van der Waals surface area contributed by atoms with E-state index in [4.69, 9.17) is 4.42 Å². The summed E-state index contributed by atoms with van der Waals surface area (Å²) in [7, 11) is -3.72. The van der Waals surface area contributed by atoms with Crippen LogP contribution in [-0.2, 0) is 10.0 Å². The SMILES string of the molecule is C/C(=N/NS(=O)(=O)c1ccccc1)c1ccc(NC(=O)c2ccc(C)o2)cc1. The summed E-state index contributed by atoms with van der Waals surface area (Å²) in [6.07, 6.45) is 0. The van der Waals surface area contributed by atoms with E-state index in [-0.39, 0.29) is 16.6 Å². The van der Waals surface area contributed by atoms with Gasteiger partial charge in [-0.1, -0.05) is 30.3 Å². The Morgan fingerprint density at radius 1 is 0.964 bits per heavy atom. The maximum Gasteiger partial charge on any atom is 0.291 e. The molecule has 2 N–H and O–H groups in total. The summed E-state index contributed by atoms with van der Waals surface area (Å²) in [5, 5.41) is 6.69. The van der Waals surface area contributed by atoms with Crippen LogP contribution in [0.2, 0.25) is 0 Å². The summed E-state index contributed by atoms with van der Waals surface area (Å²) >= 11 is 0. The van der Waals surface area contributed by atoms with Gasteiger partial charge in [-0.05, 0) is 55.8 Å². The lowest BCUT2D eigenvalue weighted by atomic mass is 10.1. The zero-order valence-electron chi connectivity index (χ0n) is 15.3. The van der Waals surface area contributed by atoms with Gasteiger partial charge in [-0.2, -0.15) is 18.4 Å². The van der Waals surface area contributed by atoms with Gasteiger partial charge in [0.25, 0.3) is 15.9 Å². The van der Waals surface area contributed by atoms with Crippen molar-refractivity contribution in [3.63, 3.8) is 0 Å². The monoisotopic (exact) mass is 397 g/mol. The Kier molecular flexibility index (Phi) is 5.60. The molecule has 1 aromatic heterocycles. The summed E-state index contributed by atoms with van der Waals surface area (Å²) in [5.74, 6) is 0.543. The second-order valence-corrected chi connectivity index (χ2v) is 7.71. The molecule has 0 aliphatic heterocycles. The maximum atomic E-state index is 12.2. The molecule has 1 amide bonds. The maximum absolute atomic E-state index is 12.2. The molecule has 0 saturated carbocycles. The molecule has 0 bridgehead atoms. The number of benzene rings is 2. The fourth-order valence-electron chi connectivity index (χ4n) is 2.39. The standard InChI is InChI=1S/C20H19N3O4S/c1-14-8-13-19(27-14)20(24)21-17-11-9-16(10-12-17)15(2)22-23-28(25,26)18-6-4-3-5-7-18/h3-13,23H,1-2H3,(H,21,24)/b22-15-. The van der Waals surface area contributed by atoms with Gasteiger partial charge < -0.3 is 9.73 Å². The van der Waals surface area contributed by atoms with Crippen LogP contribution in [0.5, 0.6) is 0 Å². The molecule has 7 nitrogen and oxygen atoms in total. The second-order valence-electron chi connectivity index (χ2n) is 6.05. The molecule has 0 radical (unpaired) electrons. The van der Waals surface area contributed by atoms with Gasteiger partial charge in [-0.25, -0.2) is 0 Å². The first-order valence-corrected chi connectivity index (χ1v) is 9.93. The zero-order valence-corrected chi connectivity index (χ0v) is 16.2. The van der Waals surface area contributed by atoms with Crippen molar-refractivity contribution >= 4 is 27.3 Å². The summed E-state index contributed by atoms with van der Waals surface area (Å²) in [6.45, 7) is 3.45. The number of rotatable bonds is 6. The fraction of sp³-hybridized carbons (Fsp3) is 0.100. The lowest BCUT2D eigenvalue weighted by Gasteiger charge is -2.07. The number of hydrogen-bond acceptors (Lipinski definition) is 5. The highest BCUT2D eigenvalue weighted by molar-refractivity contribution is 7.89. The third kappa shape index (κ3) is 4.66. The predicted octanol–water partition coefficient (Wildman–Crippen LogP) is 3.54. The Hall–Kier alpha value is -3.39. The lowest BCUT2D eigenvalue weighted by Crippen LogP contribution is -2.19. The van der Waals surface area contributed by atoms with E-state index in [1.165, 1.54) is 12.1 Å². The predicted molar refractivity (Wildman–Crippen MR) is 107 cm³/mol. The van der Waals surface area contributed by atoms with E-state index < -0.39 is 10.0 Å². The van der Waals surface area contributed by atoms with E-state index in [1.54, 1.807) is 68.4 Å². The van der Waals surface area contributed by atoms with Crippen LogP contribution in [0.3, 0.4) is 0 Å².